The summed E-state index contributed by atoms with van der Waals surface area (Å²) in [6.45, 7) is 5.82. The lowest BCUT2D eigenvalue weighted by atomic mass is 10.3. The fraction of sp³-hybridized carbons (Fsp3) is 0.286. The topological polar surface area (TPSA) is 56.0 Å². The van der Waals surface area contributed by atoms with Crippen LogP contribution in [0.4, 0.5) is 5.69 Å². The molecule has 5 heteroatoms. The number of rotatable bonds is 4. The molecule has 2 aromatic rings. The Hall–Kier alpha value is -2.30. The Balaban J connectivity index is 2.76. The molecule has 0 saturated heterocycles. The summed E-state index contributed by atoms with van der Waals surface area (Å²) >= 11 is 0. The highest BCUT2D eigenvalue weighted by molar-refractivity contribution is 5.72. The lowest BCUT2D eigenvalue weighted by Crippen LogP contribution is -2.23. The third kappa shape index (κ3) is 2.19. The Morgan fingerprint density at radius 1 is 1.21 bits per heavy atom. The van der Waals surface area contributed by atoms with Crippen LogP contribution < -0.4 is 10.9 Å². The zero-order valence-corrected chi connectivity index (χ0v) is 11.3. The Morgan fingerprint density at radius 2 is 1.84 bits per heavy atom. The summed E-state index contributed by atoms with van der Waals surface area (Å²) in [7, 11) is 0. The highest BCUT2D eigenvalue weighted by atomic mass is 16.1. The van der Waals surface area contributed by atoms with Gasteiger partial charge in [0, 0.05) is 6.04 Å². The standard InChI is InChI=1S/C14H17N3O2/c1-10(2)16-11(3)13(15-9-18)14(19)17(16)12-7-5-4-6-8-12/h4-10H,1-3H3,(H,15,18). The van der Waals surface area contributed by atoms with E-state index >= 15 is 0 Å². The summed E-state index contributed by atoms with van der Waals surface area (Å²) in [4.78, 5) is 23.1. The normalized spacial score (nSPS) is 10.7. The van der Waals surface area contributed by atoms with E-state index in [0.717, 1.165) is 11.4 Å². The predicted octanol–water partition coefficient (Wildman–Crippen LogP) is 2.10. The molecule has 0 spiro atoms. The number of carbonyl (C=O) groups excluding carboxylic acids is 1. The van der Waals surface area contributed by atoms with Crippen LogP contribution in [0.5, 0.6) is 0 Å². The van der Waals surface area contributed by atoms with Crippen molar-refractivity contribution < 1.29 is 4.79 Å². The summed E-state index contributed by atoms with van der Waals surface area (Å²) < 4.78 is 3.47. The first-order chi connectivity index (χ1) is 9.07. The molecule has 0 atom stereocenters. The maximum absolute atomic E-state index is 12.4. The maximum atomic E-state index is 12.4. The van der Waals surface area contributed by atoms with Gasteiger partial charge in [-0.3, -0.25) is 14.3 Å². The first-order valence-corrected chi connectivity index (χ1v) is 6.17. The van der Waals surface area contributed by atoms with Gasteiger partial charge in [-0.25, -0.2) is 4.68 Å². The second kappa shape index (κ2) is 5.14. The fourth-order valence-electron chi connectivity index (χ4n) is 2.28. The summed E-state index contributed by atoms with van der Waals surface area (Å²) in [5.74, 6) is 0. The number of amides is 1. The van der Waals surface area contributed by atoms with Crippen molar-refractivity contribution >= 4 is 12.1 Å². The molecule has 0 bridgehead atoms. The quantitative estimate of drug-likeness (QED) is 0.855. The lowest BCUT2D eigenvalue weighted by Gasteiger charge is -2.16. The number of para-hydroxylation sites is 1. The Kier molecular flexibility index (Phi) is 3.55. The Labute approximate surface area is 111 Å². The summed E-state index contributed by atoms with van der Waals surface area (Å²) in [6.07, 6.45) is 0.531. The van der Waals surface area contributed by atoms with Crippen LogP contribution in [-0.2, 0) is 4.79 Å². The van der Waals surface area contributed by atoms with E-state index in [1.165, 1.54) is 0 Å². The molecule has 1 N–H and O–H groups in total. The van der Waals surface area contributed by atoms with Gasteiger partial charge in [0.1, 0.15) is 5.69 Å². The van der Waals surface area contributed by atoms with Gasteiger partial charge in [0.05, 0.1) is 11.4 Å². The largest absolute Gasteiger partial charge is 0.323 e. The number of hydrogen-bond donors (Lipinski definition) is 1. The van der Waals surface area contributed by atoms with Crippen molar-refractivity contribution in [1.29, 1.82) is 0 Å². The number of hydrogen-bond acceptors (Lipinski definition) is 2. The lowest BCUT2D eigenvalue weighted by molar-refractivity contribution is -0.105. The molecule has 2 rings (SSSR count). The van der Waals surface area contributed by atoms with Crippen LogP contribution in [0.15, 0.2) is 35.1 Å². The van der Waals surface area contributed by atoms with E-state index in [2.05, 4.69) is 5.32 Å². The molecule has 5 nitrogen and oxygen atoms in total. The van der Waals surface area contributed by atoms with Gasteiger partial charge in [0.15, 0.2) is 0 Å². The molecule has 100 valence electrons. The highest BCUT2D eigenvalue weighted by Gasteiger charge is 2.19. The van der Waals surface area contributed by atoms with Gasteiger partial charge in [0.25, 0.3) is 5.56 Å². The van der Waals surface area contributed by atoms with E-state index in [4.69, 9.17) is 0 Å². The Morgan fingerprint density at radius 3 is 2.37 bits per heavy atom. The third-order valence-electron chi connectivity index (χ3n) is 3.02. The van der Waals surface area contributed by atoms with Gasteiger partial charge in [-0.05, 0) is 32.9 Å². The average molecular weight is 259 g/mol. The second-order valence-electron chi connectivity index (χ2n) is 4.61. The minimum absolute atomic E-state index is 0.107. The average Bonchev–Trinajstić information content (AvgIpc) is 2.64. The van der Waals surface area contributed by atoms with E-state index in [1.54, 1.807) is 4.68 Å². The Bertz CT molecular complexity index is 639. The van der Waals surface area contributed by atoms with Crippen LogP contribution in [0.25, 0.3) is 5.69 Å². The minimum atomic E-state index is -0.218. The van der Waals surface area contributed by atoms with E-state index in [-0.39, 0.29) is 11.6 Å². The molecule has 0 radical (unpaired) electrons. The number of nitrogens with one attached hydrogen (secondary N) is 1. The zero-order valence-electron chi connectivity index (χ0n) is 11.3. The number of nitrogens with zero attached hydrogens (tertiary/aromatic N) is 2. The first-order valence-electron chi connectivity index (χ1n) is 6.17. The SMILES string of the molecule is Cc1c(NC=O)c(=O)n(-c2ccccc2)n1C(C)C. The van der Waals surface area contributed by atoms with Crippen molar-refractivity contribution in [2.75, 3.05) is 5.32 Å². The fourth-order valence-corrected chi connectivity index (χ4v) is 2.28. The minimum Gasteiger partial charge on any atom is -0.323 e. The van der Waals surface area contributed by atoms with Crippen LogP contribution in [0.1, 0.15) is 25.6 Å². The molecule has 1 aromatic carbocycles. The van der Waals surface area contributed by atoms with Gasteiger partial charge in [-0.2, -0.15) is 0 Å². The molecule has 0 aliphatic rings. The van der Waals surface area contributed by atoms with Crippen LogP contribution in [0.3, 0.4) is 0 Å². The predicted molar refractivity (Wildman–Crippen MR) is 74.8 cm³/mol. The molecule has 0 aliphatic heterocycles. The molecule has 0 fully saturated rings. The number of aromatic nitrogens is 2. The summed E-state index contributed by atoms with van der Waals surface area (Å²) in [5, 5.41) is 2.49. The van der Waals surface area contributed by atoms with Crippen molar-refractivity contribution in [3.05, 3.63) is 46.4 Å². The summed E-state index contributed by atoms with van der Waals surface area (Å²) in [6, 6.07) is 9.49. The molecule has 1 aromatic heterocycles. The smallest absolute Gasteiger partial charge is 0.295 e. The van der Waals surface area contributed by atoms with Crippen molar-refractivity contribution in [3.8, 4) is 5.69 Å². The van der Waals surface area contributed by atoms with E-state index in [9.17, 15) is 9.59 Å². The van der Waals surface area contributed by atoms with Gasteiger partial charge in [-0.1, -0.05) is 18.2 Å². The number of carbonyl (C=O) groups is 1. The van der Waals surface area contributed by atoms with Crippen LogP contribution in [0.2, 0.25) is 0 Å². The van der Waals surface area contributed by atoms with Crippen molar-refractivity contribution in [2.24, 2.45) is 0 Å². The monoisotopic (exact) mass is 259 g/mol. The van der Waals surface area contributed by atoms with Crippen molar-refractivity contribution in [1.82, 2.24) is 9.36 Å². The molecule has 1 heterocycles. The molecule has 0 aliphatic carbocycles. The first kappa shape index (κ1) is 13.1. The van der Waals surface area contributed by atoms with E-state index < -0.39 is 0 Å². The van der Waals surface area contributed by atoms with Gasteiger partial charge >= 0.3 is 0 Å². The molecule has 1 amide bonds. The molecule has 0 saturated carbocycles. The third-order valence-corrected chi connectivity index (χ3v) is 3.02. The molecule has 19 heavy (non-hydrogen) atoms. The van der Waals surface area contributed by atoms with Gasteiger partial charge < -0.3 is 5.32 Å². The molecular weight excluding hydrogens is 242 g/mol. The maximum Gasteiger partial charge on any atom is 0.295 e. The van der Waals surface area contributed by atoms with E-state index in [1.807, 2.05) is 55.8 Å². The van der Waals surface area contributed by atoms with Crippen molar-refractivity contribution in [2.45, 2.75) is 26.8 Å². The van der Waals surface area contributed by atoms with Crippen LogP contribution in [-0.4, -0.2) is 15.8 Å². The number of benzene rings is 1. The molecular formula is C14H17N3O2. The van der Waals surface area contributed by atoms with Crippen molar-refractivity contribution in [3.63, 3.8) is 0 Å². The van der Waals surface area contributed by atoms with Crippen LogP contribution in [0, 0.1) is 6.92 Å². The van der Waals surface area contributed by atoms with Gasteiger partial charge in [0.2, 0.25) is 6.41 Å². The second-order valence-corrected chi connectivity index (χ2v) is 4.61. The van der Waals surface area contributed by atoms with E-state index in [0.29, 0.717) is 12.1 Å². The summed E-state index contributed by atoms with van der Waals surface area (Å²) in [5.41, 5.74) is 1.64. The number of anilines is 1. The highest BCUT2D eigenvalue weighted by Crippen LogP contribution is 2.19. The zero-order chi connectivity index (χ0) is 14.0. The van der Waals surface area contributed by atoms with Crippen LogP contribution >= 0.6 is 0 Å². The van der Waals surface area contributed by atoms with Gasteiger partial charge in [-0.15, -0.1) is 0 Å². The molecule has 0 unspecified atom stereocenters.